The van der Waals surface area contributed by atoms with E-state index in [1.165, 1.54) is 19.4 Å². The Bertz CT molecular complexity index is 166. The van der Waals surface area contributed by atoms with E-state index in [1.54, 1.807) is 0 Å². The molecule has 0 heterocycles. The van der Waals surface area contributed by atoms with Crippen molar-refractivity contribution in [2.45, 2.75) is 25.8 Å². The van der Waals surface area contributed by atoms with E-state index in [-0.39, 0.29) is 0 Å². The van der Waals surface area contributed by atoms with Gasteiger partial charge in [0.05, 0.1) is 0 Å². The van der Waals surface area contributed by atoms with Crippen molar-refractivity contribution in [3.05, 3.63) is 0 Å². The maximum Gasteiger partial charge on any atom is 0.0107 e. The molecular formula is C12H27N3. The Morgan fingerprint density at radius 2 is 1.73 bits per heavy atom. The molecule has 90 valence electrons. The van der Waals surface area contributed by atoms with Gasteiger partial charge >= 0.3 is 0 Å². The molecule has 1 atom stereocenters. The molecule has 0 saturated heterocycles. The number of hydrogen-bond donors (Lipinski definition) is 1. The Balaban J connectivity index is 1.94. The summed E-state index contributed by atoms with van der Waals surface area (Å²) in [5.41, 5.74) is 0. The first kappa shape index (κ1) is 12.9. The number of rotatable bonds is 8. The summed E-state index contributed by atoms with van der Waals surface area (Å²) < 4.78 is 0. The lowest BCUT2D eigenvalue weighted by molar-refractivity contribution is 0.234. The van der Waals surface area contributed by atoms with Gasteiger partial charge in [-0.1, -0.05) is 0 Å². The van der Waals surface area contributed by atoms with Gasteiger partial charge in [0.15, 0.2) is 0 Å². The van der Waals surface area contributed by atoms with Crippen LogP contribution in [0.3, 0.4) is 0 Å². The first-order valence-corrected chi connectivity index (χ1v) is 6.17. The maximum absolute atomic E-state index is 3.48. The smallest absolute Gasteiger partial charge is 0.0107 e. The molecule has 0 bridgehead atoms. The van der Waals surface area contributed by atoms with Crippen molar-refractivity contribution in [2.24, 2.45) is 5.92 Å². The molecule has 3 nitrogen and oxygen atoms in total. The van der Waals surface area contributed by atoms with E-state index in [1.807, 2.05) is 0 Å². The molecule has 15 heavy (non-hydrogen) atoms. The summed E-state index contributed by atoms with van der Waals surface area (Å²) >= 11 is 0. The van der Waals surface area contributed by atoms with Crippen LogP contribution < -0.4 is 5.32 Å². The molecule has 0 amide bonds. The Morgan fingerprint density at radius 3 is 2.27 bits per heavy atom. The van der Waals surface area contributed by atoms with Gasteiger partial charge in [0, 0.05) is 32.2 Å². The summed E-state index contributed by atoms with van der Waals surface area (Å²) in [6.45, 7) is 6.87. The number of likely N-dealkylation sites (N-methyl/N-ethyl adjacent to an activating group) is 2. The predicted molar refractivity (Wildman–Crippen MR) is 66.2 cm³/mol. The average molecular weight is 213 g/mol. The fourth-order valence-corrected chi connectivity index (χ4v) is 1.83. The summed E-state index contributed by atoms with van der Waals surface area (Å²) in [6, 6.07) is 0.778. The van der Waals surface area contributed by atoms with Crippen LogP contribution in [0.15, 0.2) is 0 Å². The molecular weight excluding hydrogens is 186 g/mol. The number of nitrogens with one attached hydrogen (secondary N) is 1. The second kappa shape index (κ2) is 6.46. The Hall–Kier alpha value is -0.120. The lowest BCUT2D eigenvalue weighted by atomic mass is 10.2. The van der Waals surface area contributed by atoms with Gasteiger partial charge in [0.2, 0.25) is 0 Å². The van der Waals surface area contributed by atoms with Crippen molar-refractivity contribution in [3.63, 3.8) is 0 Å². The third kappa shape index (κ3) is 5.50. The predicted octanol–water partition coefficient (Wildman–Crippen LogP) is 0.868. The monoisotopic (exact) mass is 213 g/mol. The summed E-state index contributed by atoms with van der Waals surface area (Å²) in [6.07, 6.45) is 2.89. The minimum absolute atomic E-state index is 0.778. The second-order valence-corrected chi connectivity index (χ2v) is 5.11. The highest BCUT2D eigenvalue weighted by Crippen LogP contribution is 2.34. The zero-order valence-electron chi connectivity index (χ0n) is 10.8. The van der Waals surface area contributed by atoms with E-state index in [0.717, 1.165) is 31.6 Å². The molecule has 0 radical (unpaired) electrons. The van der Waals surface area contributed by atoms with Gasteiger partial charge < -0.3 is 15.1 Å². The summed E-state index contributed by atoms with van der Waals surface area (Å²) in [5, 5.41) is 3.48. The topological polar surface area (TPSA) is 18.5 Å². The Kier molecular flexibility index (Phi) is 5.58. The molecule has 1 fully saturated rings. The molecule has 1 aliphatic rings. The molecule has 1 rings (SSSR count). The van der Waals surface area contributed by atoms with Crippen molar-refractivity contribution < 1.29 is 0 Å². The summed E-state index contributed by atoms with van der Waals surface area (Å²) in [7, 11) is 6.47. The van der Waals surface area contributed by atoms with Crippen LogP contribution in [0.1, 0.15) is 19.8 Å². The van der Waals surface area contributed by atoms with Gasteiger partial charge in [-0.25, -0.2) is 0 Å². The van der Waals surface area contributed by atoms with Crippen molar-refractivity contribution >= 4 is 0 Å². The van der Waals surface area contributed by atoms with Crippen LogP contribution in [-0.4, -0.2) is 63.2 Å². The Labute approximate surface area is 94.8 Å². The minimum Gasteiger partial charge on any atom is -0.314 e. The highest BCUT2D eigenvalue weighted by molar-refractivity contribution is 4.84. The summed E-state index contributed by atoms with van der Waals surface area (Å²) in [4.78, 5) is 4.70. The van der Waals surface area contributed by atoms with Crippen LogP contribution in [-0.2, 0) is 0 Å². The van der Waals surface area contributed by atoms with Crippen LogP contribution in [0.5, 0.6) is 0 Å². The first-order chi connectivity index (χ1) is 7.11. The van der Waals surface area contributed by atoms with E-state index in [0.29, 0.717) is 0 Å². The molecule has 1 saturated carbocycles. The van der Waals surface area contributed by atoms with E-state index in [4.69, 9.17) is 0 Å². The van der Waals surface area contributed by atoms with Crippen molar-refractivity contribution in [3.8, 4) is 0 Å². The van der Waals surface area contributed by atoms with Crippen molar-refractivity contribution in [1.29, 1.82) is 0 Å². The lowest BCUT2D eigenvalue weighted by Crippen LogP contribution is -2.38. The third-order valence-corrected chi connectivity index (χ3v) is 3.38. The number of hydrogen-bond acceptors (Lipinski definition) is 3. The molecule has 1 N–H and O–H groups in total. The van der Waals surface area contributed by atoms with Gasteiger partial charge in [-0.05, 0) is 46.8 Å². The van der Waals surface area contributed by atoms with Crippen LogP contribution in [0.2, 0.25) is 0 Å². The number of nitrogens with zero attached hydrogens (tertiary/aromatic N) is 2. The average Bonchev–Trinajstić information content (AvgIpc) is 2.98. The quantitative estimate of drug-likeness (QED) is 0.604. The van der Waals surface area contributed by atoms with Crippen molar-refractivity contribution in [2.75, 3.05) is 47.3 Å². The highest BCUT2D eigenvalue weighted by atomic mass is 15.1. The molecule has 1 aliphatic carbocycles. The third-order valence-electron chi connectivity index (χ3n) is 3.38. The zero-order chi connectivity index (χ0) is 11.3. The normalized spacial score (nSPS) is 18.8. The zero-order valence-corrected chi connectivity index (χ0v) is 10.8. The Morgan fingerprint density at radius 1 is 1.13 bits per heavy atom. The van der Waals surface area contributed by atoms with E-state index in [2.05, 4.69) is 43.2 Å². The van der Waals surface area contributed by atoms with E-state index in [9.17, 15) is 0 Å². The highest BCUT2D eigenvalue weighted by Gasteiger charge is 2.29. The van der Waals surface area contributed by atoms with Crippen LogP contribution in [0.25, 0.3) is 0 Å². The molecule has 0 aliphatic heterocycles. The minimum atomic E-state index is 0.778. The molecule has 1 unspecified atom stereocenters. The van der Waals surface area contributed by atoms with Gasteiger partial charge in [-0.3, -0.25) is 0 Å². The van der Waals surface area contributed by atoms with Gasteiger partial charge in [0.25, 0.3) is 0 Å². The summed E-state index contributed by atoms with van der Waals surface area (Å²) in [5.74, 6) is 0.983. The molecule has 0 aromatic heterocycles. The van der Waals surface area contributed by atoms with Crippen LogP contribution >= 0.6 is 0 Å². The first-order valence-electron chi connectivity index (χ1n) is 6.17. The molecule has 0 aromatic carbocycles. The van der Waals surface area contributed by atoms with Gasteiger partial charge in [0.1, 0.15) is 0 Å². The van der Waals surface area contributed by atoms with Crippen LogP contribution in [0, 0.1) is 5.92 Å². The molecule has 0 spiro atoms. The molecule has 3 heteroatoms. The lowest BCUT2D eigenvalue weighted by Gasteiger charge is -2.24. The largest absolute Gasteiger partial charge is 0.314 e. The van der Waals surface area contributed by atoms with E-state index >= 15 is 0 Å². The van der Waals surface area contributed by atoms with Gasteiger partial charge in [-0.2, -0.15) is 0 Å². The van der Waals surface area contributed by atoms with E-state index < -0.39 is 0 Å². The van der Waals surface area contributed by atoms with Gasteiger partial charge in [-0.15, -0.1) is 0 Å². The fourth-order valence-electron chi connectivity index (χ4n) is 1.83. The van der Waals surface area contributed by atoms with Crippen LogP contribution in [0.4, 0.5) is 0 Å². The van der Waals surface area contributed by atoms with Crippen molar-refractivity contribution in [1.82, 2.24) is 15.1 Å². The molecule has 0 aromatic rings. The SMILES string of the molecule is CC(C1CC1)N(C)CCNCCN(C)C. The standard InChI is InChI=1S/C12H27N3/c1-11(12-5-6-12)15(4)10-8-13-7-9-14(2)3/h11-13H,5-10H2,1-4H3. The maximum atomic E-state index is 3.48. The fraction of sp³-hybridized carbons (Fsp3) is 1.00. The second-order valence-electron chi connectivity index (χ2n) is 5.11.